The second-order valence-electron chi connectivity index (χ2n) is 3.25. The van der Waals surface area contributed by atoms with E-state index in [1.54, 1.807) is 13.0 Å². The molecule has 1 aromatic heterocycles. The van der Waals surface area contributed by atoms with Crippen molar-refractivity contribution in [2.45, 2.75) is 6.92 Å². The fraction of sp³-hybridized carbons (Fsp3) is 0.0909. The van der Waals surface area contributed by atoms with E-state index < -0.39 is 11.6 Å². The van der Waals surface area contributed by atoms with Crippen LogP contribution in [0.15, 0.2) is 28.9 Å². The van der Waals surface area contributed by atoms with Crippen molar-refractivity contribution in [3.63, 3.8) is 0 Å². The smallest absolute Gasteiger partial charge is 0.135 e. The molecular formula is C11H7BrF2N2. The average Bonchev–Trinajstić information content (AvgIpc) is 2.15. The van der Waals surface area contributed by atoms with E-state index >= 15 is 0 Å². The van der Waals surface area contributed by atoms with Gasteiger partial charge in [-0.3, -0.25) is 0 Å². The third kappa shape index (κ3) is 2.24. The Morgan fingerprint density at radius 2 is 1.88 bits per heavy atom. The Hall–Kier alpha value is -1.36. The van der Waals surface area contributed by atoms with Crippen LogP contribution in [0.25, 0.3) is 11.3 Å². The molecule has 0 unspecified atom stereocenters. The first-order valence-corrected chi connectivity index (χ1v) is 5.32. The summed E-state index contributed by atoms with van der Waals surface area (Å²) in [7, 11) is 0. The van der Waals surface area contributed by atoms with Gasteiger partial charge in [0.25, 0.3) is 0 Å². The highest BCUT2D eigenvalue weighted by Crippen LogP contribution is 2.23. The Morgan fingerprint density at radius 3 is 2.50 bits per heavy atom. The maximum Gasteiger partial charge on any atom is 0.135 e. The lowest BCUT2D eigenvalue weighted by Gasteiger charge is -2.04. The highest BCUT2D eigenvalue weighted by atomic mass is 79.9. The summed E-state index contributed by atoms with van der Waals surface area (Å²) in [4.78, 5) is 8.11. The molecule has 1 aromatic carbocycles. The number of nitrogens with zero attached hydrogens (tertiary/aromatic N) is 2. The zero-order valence-corrected chi connectivity index (χ0v) is 9.92. The number of hydrogen-bond donors (Lipinski definition) is 0. The molecule has 82 valence electrons. The number of hydrogen-bond acceptors (Lipinski definition) is 2. The van der Waals surface area contributed by atoms with E-state index in [1.165, 1.54) is 12.1 Å². The van der Waals surface area contributed by atoms with E-state index in [0.29, 0.717) is 16.1 Å². The molecule has 0 aliphatic rings. The fourth-order valence-electron chi connectivity index (χ4n) is 1.37. The van der Waals surface area contributed by atoms with E-state index in [9.17, 15) is 8.78 Å². The maximum atomic E-state index is 13.5. The van der Waals surface area contributed by atoms with Crippen LogP contribution < -0.4 is 0 Å². The first-order chi connectivity index (χ1) is 7.56. The molecule has 0 fully saturated rings. The van der Waals surface area contributed by atoms with E-state index in [4.69, 9.17) is 0 Å². The average molecular weight is 285 g/mol. The van der Waals surface area contributed by atoms with Crippen LogP contribution in [-0.4, -0.2) is 9.97 Å². The lowest BCUT2D eigenvalue weighted by molar-refractivity contribution is 0.585. The second kappa shape index (κ2) is 4.25. The molecule has 0 atom stereocenters. The third-order valence-corrected chi connectivity index (χ3v) is 2.42. The van der Waals surface area contributed by atoms with E-state index in [-0.39, 0.29) is 5.56 Å². The Balaban J connectivity index is 2.58. The van der Waals surface area contributed by atoms with Crippen molar-refractivity contribution in [1.82, 2.24) is 9.97 Å². The topological polar surface area (TPSA) is 25.8 Å². The number of benzene rings is 1. The molecule has 1 heterocycles. The number of halogens is 3. The van der Waals surface area contributed by atoms with E-state index in [0.717, 1.165) is 6.07 Å². The minimum atomic E-state index is -0.634. The highest BCUT2D eigenvalue weighted by Gasteiger charge is 2.09. The van der Waals surface area contributed by atoms with Crippen molar-refractivity contribution >= 4 is 15.9 Å². The number of aromatic nitrogens is 2. The summed E-state index contributed by atoms with van der Waals surface area (Å²) in [5.74, 6) is -0.718. The van der Waals surface area contributed by atoms with Gasteiger partial charge in [-0.05, 0) is 41.1 Å². The summed E-state index contributed by atoms with van der Waals surface area (Å²) in [6.07, 6.45) is 0. The zero-order valence-electron chi connectivity index (χ0n) is 8.34. The molecule has 0 aliphatic heterocycles. The predicted octanol–water partition coefficient (Wildman–Crippen LogP) is 3.49. The molecule has 16 heavy (non-hydrogen) atoms. The van der Waals surface area contributed by atoms with Crippen LogP contribution in [0, 0.1) is 18.6 Å². The molecule has 0 radical (unpaired) electrons. The molecule has 2 aromatic rings. The summed E-state index contributed by atoms with van der Waals surface area (Å²) >= 11 is 3.20. The van der Waals surface area contributed by atoms with Gasteiger partial charge in [-0.15, -0.1) is 0 Å². The van der Waals surface area contributed by atoms with Gasteiger partial charge < -0.3 is 0 Å². The quantitative estimate of drug-likeness (QED) is 0.749. The Kier molecular flexibility index (Phi) is 2.96. The van der Waals surface area contributed by atoms with Crippen molar-refractivity contribution < 1.29 is 8.78 Å². The van der Waals surface area contributed by atoms with E-state index in [2.05, 4.69) is 25.9 Å². The monoisotopic (exact) mass is 284 g/mol. The van der Waals surface area contributed by atoms with Crippen molar-refractivity contribution in [3.05, 3.63) is 46.3 Å². The van der Waals surface area contributed by atoms with Gasteiger partial charge in [0.2, 0.25) is 0 Å². The van der Waals surface area contributed by atoms with Crippen molar-refractivity contribution in [1.29, 1.82) is 0 Å². The first-order valence-electron chi connectivity index (χ1n) is 4.53. The standard InChI is InChI=1S/C11H7BrF2N2/c1-6-15-10(5-11(12)16-6)8-3-2-7(13)4-9(8)14/h2-5H,1H3. The maximum absolute atomic E-state index is 13.5. The van der Waals surface area contributed by atoms with Gasteiger partial charge >= 0.3 is 0 Å². The molecule has 0 spiro atoms. The van der Waals surface area contributed by atoms with Gasteiger partial charge in [0, 0.05) is 11.6 Å². The largest absolute Gasteiger partial charge is 0.233 e. The van der Waals surface area contributed by atoms with Crippen LogP contribution in [0.1, 0.15) is 5.82 Å². The molecule has 0 bridgehead atoms. The SMILES string of the molecule is Cc1nc(Br)cc(-c2ccc(F)cc2F)n1. The molecule has 5 heteroatoms. The van der Waals surface area contributed by atoms with Gasteiger partial charge in [-0.2, -0.15) is 0 Å². The summed E-state index contributed by atoms with van der Waals surface area (Å²) in [6, 6.07) is 4.98. The van der Waals surface area contributed by atoms with Crippen LogP contribution in [0.2, 0.25) is 0 Å². The lowest BCUT2D eigenvalue weighted by Crippen LogP contribution is -1.94. The number of rotatable bonds is 1. The van der Waals surface area contributed by atoms with Gasteiger partial charge in [-0.1, -0.05) is 0 Å². The lowest BCUT2D eigenvalue weighted by atomic mass is 10.1. The minimum Gasteiger partial charge on any atom is -0.233 e. The van der Waals surface area contributed by atoms with Crippen LogP contribution in [-0.2, 0) is 0 Å². The Bertz CT molecular complexity index is 523. The van der Waals surface area contributed by atoms with Gasteiger partial charge in [0.1, 0.15) is 22.1 Å². The normalized spacial score (nSPS) is 10.5. The van der Waals surface area contributed by atoms with Gasteiger partial charge in [0.15, 0.2) is 0 Å². The molecule has 2 rings (SSSR count). The Morgan fingerprint density at radius 1 is 1.12 bits per heavy atom. The fourth-order valence-corrected chi connectivity index (χ4v) is 1.84. The van der Waals surface area contributed by atoms with Gasteiger partial charge in [-0.25, -0.2) is 18.7 Å². The van der Waals surface area contributed by atoms with Crippen molar-refractivity contribution in [2.24, 2.45) is 0 Å². The van der Waals surface area contributed by atoms with Crippen LogP contribution in [0.3, 0.4) is 0 Å². The highest BCUT2D eigenvalue weighted by molar-refractivity contribution is 9.10. The molecule has 2 nitrogen and oxygen atoms in total. The van der Waals surface area contributed by atoms with Gasteiger partial charge in [0.05, 0.1) is 5.69 Å². The molecular weight excluding hydrogens is 278 g/mol. The van der Waals surface area contributed by atoms with Crippen LogP contribution in [0.5, 0.6) is 0 Å². The molecule has 0 aliphatic carbocycles. The zero-order chi connectivity index (χ0) is 11.7. The van der Waals surface area contributed by atoms with Crippen LogP contribution >= 0.6 is 15.9 Å². The number of aryl methyl sites for hydroxylation is 1. The van der Waals surface area contributed by atoms with E-state index in [1.807, 2.05) is 0 Å². The van der Waals surface area contributed by atoms with Crippen LogP contribution in [0.4, 0.5) is 8.78 Å². The second-order valence-corrected chi connectivity index (χ2v) is 4.06. The third-order valence-electron chi connectivity index (χ3n) is 2.01. The summed E-state index contributed by atoms with van der Waals surface area (Å²) < 4.78 is 26.8. The minimum absolute atomic E-state index is 0.257. The predicted molar refractivity (Wildman–Crippen MR) is 59.8 cm³/mol. The summed E-state index contributed by atoms with van der Waals surface area (Å²) in [5, 5.41) is 0. The summed E-state index contributed by atoms with van der Waals surface area (Å²) in [6.45, 7) is 1.70. The van der Waals surface area contributed by atoms with Crippen molar-refractivity contribution in [2.75, 3.05) is 0 Å². The summed E-state index contributed by atoms with van der Waals surface area (Å²) in [5.41, 5.74) is 0.685. The molecule has 0 saturated carbocycles. The molecule has 0 amide bonds. The first kappa shape index (κ1) is 11.1. The van der Waals surface area contributed by atoms with Crippen molar-refractivity contribution in [3.8, 4) is 11.3 Å². The Labute approximate surface area is 99.5 Å². The molecule has 0 saturated heterocycles. The molecule has 0 N–H and O–H groups in total.